The third-order valence-electron chi connectivity index (χ3n) is 3.53. The highest BCUT2D eigenvalue weighted by Crippen LogP contribution is 2.29. The molecule has 1 saturated carbocycles. The summed E-state index contributed by atoms with van der Waals surface area (Å²) in [5.74, 6) is 0.0486. The zero-order valence-corrected chi connectivity index (χ0v) is 12.0. The maximum Gasteiger partial charge on any atom is 0.240 e. The van der Waals surface area contributed by atoms with Gasteiger partial charge in [0, 0.05) is 38.7 Å². The van der Waals surface area contributed by atoms with Gasteiger partial charge in [0.2, 0.25) is 5.91 Å². The molecule has 110 valence electrons. The Balaban J connectivity index is 1.92. The standard InChI is InChI=1S/C15H23N3O2/c1-20-9-3-5-14(16)15(19)18(13-6-7-13)11-12-4-2-8-17-10-12/h2,4,8,10,13-14H,3,5-7,9,11,16H2,1H3. The lowest BCUT2D eigenvalue weighted by Gasteiger charge is -2.25. The number of pyridine rings is 1. The first-order valence-electron chi connectivity index (χ1n) is 7.16. The number of aromatic nitrogens is 1. The SMILES string of the molecule is COCCCC(N)C(=O)N(Cc1cccnc1)C1CC1. The van der Waals surface area contributed by atoms with Crippen LogP contribution < -0.4 is 5.73 Å². The highest BCUT2D eigenvalue weighted by molar-refractivity contribution is 5.82. The van der Waals surface area contributed by atoms with Gasteiger partial charge in [0.15, 0.2) is 0 Å². The Kier molecular flexibility index (Phi) is 5.49. The van der Waals surface area contributed by atoms with Crippen LogP contribution in [0.4, 0.5) is 0 Å². The molecule has 1 amide bonds. The largest absolute Gasteiger partial charge is 0.385 e. The van der Waals surface area contributed by atoms with Gasteiger partial charge in [-0.15, -0.1) is 0 Å². The Bertz CT molecular complexity index is 420. The van der Waals surface area contributed by atoms with Gasteiger partial charge in [-0.1, -0.05) is 6.07 Å². The summed E-state index contributed by atoms with van der Waals surface area (Å²) in [7, 11) is 1.66. The molecule has 0 spiro atoms. The van der Waals surface area contributed by atoms with Crippen LogP contribution in [0.1, 0.15) is 31.2 Å². The average molecular weight is 277 g/mol. The first kappa shape index (κ1) is 14.9. The number of carbonyl (C=O) groups is 1. The summed E-state index contributed by atoms with van der Waals surface area (Å²) in [6.07, 6.45) is 7.19. The van der Waals surface area contributed by atoms with E-state index in [9.17, 15) is 4.79 Å². The fourth-order valence-corrected chi connectivity index (χ4v) is 2.25. The number of amides is 1. The zero-order chi connectivity index (χ0) is 14.4. The van der Waals surface area contributed by atoms with Crippen molar-refractivity contribution >= 4 is 5.91 Å². The van der Waals surface area contributed by atoms with Crippen LogP contribution in [-0.2, 0) is 16.1 Å². The molecule has 1 unspecified atom stereocenters. The number of nitrogens with zero attached hydrogens (tertiary/aromatic N) is 2. The number of methoxy groups -OCH3 is 1. The van der Waals surface area contributed by atoms with E-state index in [1.807, 2.05) is 17.0 Å². The molecule has 0 aliphatic heterocycles. The molecule has 2 N–H and O–H groups in total. The van der Waals surface area contributed by atoms with Gasteiger partial charge >= 0.3 is 0 Å². The van der Waals surface area contributed by atoms with Gasteiger partial charge in [0.25, 0.3) is 0 Å². The highest BCUT2D eigenvalue weighted by Gasteiger charge is 2.34. The molecule has 0 aromatic carbocycles. The minimum atomic E-state index is -0.428. The fraction of sp³-hybridized carbons (Fsp3) is 0.600. The van der Waals surface area contributed by atoms with Gasteiger partial charge in [0.05, 0.1) is 6.04 Å². The minimum absolute atomic E-state index is 0.0486. The summed E-state index contributed by atoms with van der Waals surface area (Å²) >= 11 is 0. The quantitative estimate of drug-likeness (QED) is 0.728. The van der Waals surface area contributed by atoms with Crippen molar-refractivity contribution in [3.8, 4) is 0 Å². The molecule has 1 aromatic rings. The molecule has 1 atom stereocenters. The van der Waals surface area contributed by atoms with Gasteiger partial charge < -0.3 is 15.4 Å². The summed E-state index contributed by atoms with van der Waals surface area (Å²) in [6.45, 7) is 1.25. The van der Waals surface area contributed by atoms with E-state index in [-0.39, 0.29) is 5.91 Å². The van der Waals surface area contributed by atoms with E-state index in [0.717, 1.165) is 24.8 Å². The Morgan fingerprint density at radius 3 is 3.00 bits per heavy atom. The van der Waals surface area contributed by atoms with E-state index in [0.29, 0.717) is 25.6 Å². The summed E-state index contributed by atoms with van der Waals surface area (Å²) in [6, 6.07) is 3.81. The third-order valence-corrected chi connectivity index (χ3v) is 3.53. The van der Waals surface area contributed by atoms with Crippen molar-refractivity contribution in [2.75, 3.05) is 13.7 Å². The van der Waals surface area contributed by atoms with Gasteiger partial charge in [-0.2, -0.15) is 0 Å². The zero-order valence-electron chi connectivity index (χ0n) is 12.0. The summed E-state index contributed by atoms with van der Waals surface area (Å²) in [5.41, 5.74) is 7.07. The summed E-state index contributed by atoms with van der Waals surface area (Å²) in [4.78, 5) is 18.5. The number of hydrogen-bond acceptors (Lipinski definition) is 4. The number of carbonyl (C=O) groups excluding carboxylic acids is 1. The van der Waals surface area contributed by atoms with Crippen molar-refractivity contribution in [1.29, 1.82) is 0 Å². The monoisotopic (exact) mass is 277 g/mol. The van der Waals surface area contributed by atoms with Crippen LogP contribution in [0.2, 0.25) is 0 Å². The van der Waals surface area contributed by atoms with Crippen LogP contribution in [0.25, 0.3) is 0 Å². The molecule has 1 aliphatic carbocycles. The molecule has 1 fully saturated rings. The minimum Gasteiger partial charge on any atom is -0.385 e. The average Bonchev–Trinajstić information content (AvgIpc) is 3.30. The summed E-state index contributed by atoms with van der Waals surface area (Å²) < 4.78 is 5.00. The molecule has 0 radical (unpaired) electrons. The van der Waals surface area contributed by atoms with E-state index in [2.05, 4.69) is 4.98 Å². The van der Waals surface area contributed by atoms with E-state index >= 15 is 0 Å². The maximum absolute atomic E-state index is 12.5. The predicted molar refractivity (Wildman–Crippen MR) is 76.9 cm³/mol. The lowest BCUT2D eigenvalue weighted by atomic mass is 10.1. The first-order valence-corrected chi connectivity index (χ1v) is 7.16. The topological polar surface area (TPSA) is 68.5 Å². The van der Waals surface area contributed by atoms with Gasteiger partial charge in [-0.25, -0.2) is 0 Å². The molecule has 5 nitrogen and oxygen atoms in total. The molecular formula is C15H23N3O2. The van der Waals surface area contributed by atoms with Crippen molar-refractivity contribution in [3.05, 3.63) is 30.1 Å². The number of rotatable bonds is 8. The van der Waals surface area contributed by atoms with E-state index < -0.39 is 6.04 Å². The van der Waals surface area contributed by atoms with E-state index in [1.165, 1.54) is 0 Å². The Morgan fingerprint density at radius 1 is 1.60 bits per heavy atom. The lowest BCUT2D eigenvalue weighted by molar-refractivity contribution is -0.134. The van der Waals surface area contributed by atoms with Crippen LogP contribution in [0.3, 0.4) is 0 Å². The molecule has 1 aliphatic rings. The van der Waals surface area contributed by atoms with E-state index in [4.69, 9.17) is 10.5 Å². The summed E-state index contributed by atoms with van der Waals surface area (Å²) in [5, 5.41) is 0. The maximum atomic E-state index is 12.5. The first-order chi connectivity index (χ1) is 9.72. The molecular weight excluding hydrogens is 254 g/mol. The van der Waals surface area contributed by atoms with Crippen molar-refractivity contribution in [3.63, 3.8) is 0 Å². The molecule has 0 bridgehead atoms. The van der Waals surface area contributed by atoms with Crippen LogP contribution in [-0.4, -0.2) is 41.6 Å². The van der Waals surface area contributed by atoms with Crippen molar-refractivity contribution in [2.24, 2.45) is 5.73 Å². The number of ether oxygens (including phenoxy) is 1. The van der Waals surface area contributed by atoms with Gasteiger partial charge in [-0.3, -0.25) is 9.78 Å². The number of nitrogens with two attached hydrogens (primary N) is 1. The fourth-order valence-electron chi connectivity index (χ4n) is 2.25. The molecule has 1 aromatic heterocycles. The second-order valence-corrected chi connectivity index (χ2v) is 5.30. The van der Waals surface area contributed by atoms with Crippen LogP contribution in [0, 0.1) is 0 Å². The molecule has 20 heavy (non-hydrogen) atoms. The molecule has 1 heterocycles. The predicted octanol–water partition coefficient (Wildman–Crippen LogP) is 1.33. The molecule has 0 saturated heterocycles. The lowest BCUT2D eigenvalue weighted by Crippen LogP contribution is -2.44. The van der Waals surface area contributed by atoms with E-state index in [1.54, 1.807) is 19.5 Å². The number of hydrogen-bond donors (Lipinski definition) is 1. The van der Waals surface area contributed by atoms with Gasteiger partial charge in [-0.05, 0) is 37.3 Å². The van der Waals surface area contributed by atoms with Crippen molar-refractivity contribution in [1.82, 2.24) is 9.88 Å². The van der Waals surface area contributed by atoms with Crippen LogP contribution in [0.15, 0.2) is 24.5 Å². The molecule has 2 rings (SSSR count). The van der Waals surface area contributed by atoms with Crippen LogP contribution in [0.5, 0.6) is 0 Å². The second kappa shape index (κ2) is 7.36. The Morgan fingerprint density at radius 2 is 2.40 bits per heavy atom. The smallest absolute Gasteiger partial charge is 0.240 e. The van der Waals surface area contributed by atoms with Crippen LogP contribution >= 0.6 is 0 Å². The van der Waals surface area contributed by atoms with Gasteiger partial charge in [0.1, 0.15) is 0 Å². The third kappa shape index (κ3) is 4.28. The van der Waals surface area contributed by atoms with Crippen molar-refractivity contribution in [2.45, 2.75) is 44.3 Å². The molecule has 5 heteroatoms. The normalized spacial score (nSPS) is 15.9. The Hall–Kier alpha value is -1.46. The highest BCUT2D eigenvalue weighted by atomic mass is 16.5. The second-order valence-electron chi connectivity index (χ2n) is 5.30. The van der Waals surface area contributed by atoms with Crippen molar-refractivity contribution < 1.29 is 9.53 Å². The Labute approximate surface area is 120 Å².